The van der Waals surface area contributed by atoms with E-state index in [2.05, 4.69) is 65.3 Å². The van der Waals surface area contributed by atoms with Gasteiger partial charge < -0.3 is 19.9 Å². The number of aromatic nitrogens is 2. The maximum atomic E-state index is 5.41. The first-order valence-corrected chi connectivity index (χ1v) is 9.49. The van der Waals surface area contributed by atoms with Crippen LogP contribution in [-0.4, -0.2) is 55.4 Å². The quantitative estimate of drug-likeness (QED) is 0.846. The molecule has 0 saturated carbocycles. The maximum Gasteiger partial charge on any atom is 0.134 e. The van der Waals surface area contributed by atoms with Crippen molar-refractivity contribution in [3.05, 3.63) is 41.1 Å². The number of benzene rings is 1. The lowest BCUT2D eigenvalue weighted by Gasteiger charge is -2.28. The zero-order valence-electron chi connectivity index (χ0n) is 14.1. The Morgan fingerprint density at radius 1 is 1.04 bits per heavy atom. The first-order chi connectivity index (χ1) is 12.3. The molecule has 1 N–H and O–H groups in total. The minimum atomic E-state index is 0.399. The van der Waals surface area contributed by atoms with Gasteiger partial charge in [0.2, 0.25) is 0 Å². The normalized spacial score (nSPS) is 20.8. The summed E-state index contributed by atoms with van der Waals surface area (Å²) in [6, 6.07) is 11.0. The lowest BCUT2D eigenvalue weighted by molar-refractivity contribution is 0.122. The third-order valence-electron chi connectivity index (χ3n) is 4.72. The van der Waals surface area contributed by atoms with E-state index >= 15 is 0 Å². The molecular weight excluding hydrogens is 382 g/mol. The van der Waals surface area contributed by atoms with Gasteiger partial charge in [-0.05, 0) is 30.7 Å². The van der Waals surface area contributed by atoms with E-state index in [1.165, 1.54) is 5.69 Å². The molecule has 2 aromatic rings. The summed E-state index contributed by atoms with van der Waals surface area (Å²) in [5, 5.41) is 3.57. The van der Waals surface area contributed by atoms with E-state index in [1.807, 2.05) is 6.07 Å². The van der Waals surface area contributed by atoms with Crippen molar-refractivity contribution in [2.45, 2.75) is 12.5 Å². The second-order valence-electron chi connectivity index (χ2n) is 6.41. The Labute approximate surface area is 156 Å². The van der Waals surface area contributed by atoms with Gasteiger partial charge >= 0.3 is 0 Å². The van der Waals surface area contributed by atoms with Crippen LogP contribution in [0.2, 0.25) is 0 Å². The minimum absolute atomic E-state index is 0.399. The smallest absolute Gasteiger partial charge is 0.134 e. The average molecular weight is 404 g/mol. The monoisotopic (exact) mass is 403 g/mol. The molecule has 132 valence electrons. The van der Waals surface area contributed by atoms with E-state index in [-0.39, 0.29) is 0 Å². The topological polar surface area (TPSA) is 53.5 Å². The largest absolute Gasteiger partial charge is 0.378 e. The van der Waals surface area contributed by atoms with Gasteiger partial charge in [0.15, 0.2) is 0 Å². The Bertz CT molecular complexity index is 705. The number of hydrogen-bond acceptors (Lipinski definition) is 6. The van der Waals surface area contributed by atoms with Gasteiger partial charge in [0, 0.05) is 48.4 Å². The predicted molar refractivity (Wildman–Crippen MR) is 103 cm³/mol. The number of halogens is 1. The number of nitrogens with zero attached hydrogens (tertiary/aromatic N) is 4. The van der Waals surface area contributed by atoms with Crippen molar-refractivity contribution in [2.75, 3.05) is 54.5 Å². The highest BCUT2D eigenvalue weighted by Crippen LogP contribution is 2.24. The number of ether oxygens (including phenoxy) is 1. The molecule has 2 fully saturated rings. The molecule has 2 saturated heterocycles. The second kappa shape index (κ2) is 7.58. The van der Waals surface area contributed by atoms with Crippen molar-refractivity contribution in [3.8, 4) is 0 Å². The summed E-state index contributed by atoms with van der Waals surface area (Å²) in [6.07, 6.45) is 2.75. The first-order valence-electron chi connectivity index (χ1n) is 8.70. The van der Waals surface area contributed by atoms with Crippen LogP contribution in [0.1, 0.15) is 6.42 Å². The molecule has 0 bridgehead atoms. The highest BCUT2D eigenvalue weighted by Gasteiger charge is 2.23. The molecule has 25 heavy (non-hydrogen) atoms. The lowest BCUT2D eigenvalue weighted by Crippen LogP contribution is -2.36. The molecule has 1 aromatic carbocycles. The summed E-state index contributed by atoms with van der Waals surface area (Å²) in [6.45, 7) is 5.34. The highest BCUT2D eigenvalue weighted by molar-refractivity contribution is 9.10. The SMILES string of the molecule is Brc1ccc(N2CCC(Nc3cc(N4CCOCC4)ncn3)C2)cc1. The minimum Gasteiger partial charge on any atom is -0.378 e. The molecule has 4 rings (SSSR count). The lowest BCUT2D eigenvalue weighted by atomic mass is 10.2. The Balaban J connectivity index is 1.38. The fourth-order valence-electron chi connectivity index (χ4n) is 3.37. The van der Waals surface area contributed by atoms with Gasteiger partial charge in [-0.25, -0.2) is 9.97 Å². The van der Waals surface area contributed by atoms with Crippen molar-refractivity contribution in [1.82, 2.24) is 9.97 Å². The van der Waals surface area contributed by atoms with Crippen molar-refractivity contribution in [1.29, 1.82) is 0 Å². The van der Waals surface area contributed by atoms with Crippen molar-refractivity contribution < 1.29 is 4.74 Å². The number of morpholine rings is 1. The van der Waals surface area contributed by atoms with Crippen LogP contribution in [0.3, 0.4) is 0 Å². The zero-order chi connectivity index (χ0) is 17.1. The third-order valence-corrected chi connectivity index (χ3v) is 5.25. The Hall–Kier alpha value is -1.86. The fourth-order valence-corrected chi connectivity index (χ4v) is 3.63. The van der Waals surface area contributed by atoms with Crippen LogP contribution in [0.25, 0.3) is 0 Å². The van der Waals surface area contributed by atoms with Crippen LogP contribution in [-0.2, 0) is 4.74 Å². The molecule has 0 amide bonds. The van der Waals surface area contributed by atoms with Crippen LogP contribution in [0.15, 0.2) is 41.1 Å². The molecule has 0 spiro atoms. The summed E-state index contributed by atoms with van der Waals surface area (Å²) in [7, 11) is 0. The van der Waals surface area contributed by atoms with Gasteiger partial charge in [-0.15, -0.1) is 0 Å². The van der Waals surface area contributed by atoms with Crippen molar-refractivity contribution in [2.24, 2.45) is 0 Å². The Morgan fingerprint density at radius 3 is 2.64 bits per heavy atom. The van der Waals surface area contributed by atoms with Crippen molar-refractivity contribution >= 4 is 33.3 Å². The van der Waals surface area contributed by atoms with Crippen LogP contribution in [0.4, 0.5) is 17.3 Å². The predicted octanol–water partition coefficient (Wildman–Crippen LogP) is 2.77. The summed E-state index contributed by atoms with van der Waals surface area (Å²) in [5.74, 6) is 1.88. The van der Waals surface area contributed by atoms with Gasteiger partial charge in [0.1, 0.15) is 18.0 Å². The molecule has 3 heterocycles. The van der Waals surface area contributed by atoms with E-state index < -0.39 is 0 Å². The molecular formula is C18H22BrN5O. The fraction of sp³-hybridized carbons (Fsp3) is 0.444. The molecule has 2 aliphatic heterocycles. The maximum absolute atomic E-state index is 5.41. The van der Waals surface area contributed by atoms with E-state index in [1.54, 1.807) is 6.33 Å². The average Bonchev–Trinajstić information content (AvgIpc) is 3.12. The molecule has 1 atom stereocenters. The standard InChI is InChI=1S/C18H22BrN5O/c19-14-1-3-16(4-2-14)24-6-5-15(12-24)22-17-11-18(21-13-20-17)23-7-9-25-10-8-23/h1-4,11,13,15H,5-10,12H2,(H,20,21,22). The van der Waals surface area contributed by atoms with Crippen LogP contribution < -0.4 is 15.1 Å². The van der Waals surface area contributed by atoms with Crippen LogP contribution in [0, 0.1) is 0 Å². The summed E-state index contributed by atoms with van der Waals surface area (Å²) < 4.78 is 6.52. The van der Waals surface area contributed by atoms with E-state index in [9.17, 15) is 0 Å². The molecule has 0 aliphatic carbocycles. The van der Waals surface area contributed by atoms with E-state index in [4.69, 9.17) is 4.74 Å². The molecule has 7 heteroatoms. The zero-order valence-corrected chi connectivity index (χ0v) is 15.7. The highest BCUT2D eigenvalue weighted by atomic mass is 79.9. The second-order valence-corrected chi connectivity index (χ2v) is 7.33. The Morgan fingerprint density at radius 2 is 1.84 bits per heavy atom. The molecule has 1 unspecified atom stereocenters. The molecule has 0 radical (unpaired) electrons. The molecule has 1 aromatic heterocycles. The number of nitrogens with one attached hydrogen (secondary N) is 1. The first kappa shape index (κ1) is 16.6. The van der Waals surface area contributed by atoms with E-state index in [0.29, 0.717) is 6.04 Å². The van der Waals surface area contributed by atoms with E-state index in [0.717, 1.165) is 61.9 Å². The van der Waals surface area contributed by atoms with Gasteiger partial charge in [-0.3, -0.25) is 0 Å². The number of rotatable bonds is 4. The number of anilines is 3. The summed E-state index contributed by atoms with van der Waals surface area (Å²) in [5.41, 5.74) is 1.27. The van der Waals surface area contributed by atoms with Gasteiger partial charge in [0.05, 0.1) is 13.2 Å². The van der Waals surface area contributed by atoms with Crippen LogP contribution >= 0.6 is 15.9 Å². The van der Waals surface area contributed by atoms with Crippen LogP contribution in [0.5, 0.6) is 0 Å². The Kier molecular flexibility index (Phi) is 5.03. The summed E-state index contributed by atoms with van der Waals surface area (Å²) in [4.78, 5) is 13.5. The summed E-state index contributed by atoms with van der Waals surface area (Å²) >= 11 is 3.49. The van der Waals surface area contributed by atoms with Crippen molar-refractivity contribution in [3.63, 3.8) is 0 Å². The molecule has 6 nitrogen and oxygen atoms in total. The third kappa shape index (κ3) is 4.04. The van der Waals surface area contributed by atoms with Gasteiger partial charge in [0.25, 0.3) is 0 Å². The van der Waals surface area contributed by atoms with Gasteiger partial charge in [-0.1, -0.05) is 15.9 Å². The molecule has 2 aliphatic rings. The number of hydrogen-bond donors (Lipinski definition) is 1. The van der Waals surface area contributed by atoms with Gasteiger partial charge in [-0.2, -0.15) is 0 Å².